The number of allylic oxidation sites excluding steroid dienone is 1. The van der Waals surface area contributed by atoms with E-state index in [2.05, 4.69) is 24.5 Å². The number of fused-ring (bicyclic) bond motifs is 1. The van der Waals surface area contributed by atoms with Gasteiger partial charge in [0, 0.05) is 28.4 Å². The molecule has 1 unspecified atom stereocenters. The van der Waals surface area contributed by atoms with Gasteiger partial charge in [-0.2, -0.15) is 0 Å². The standard InChI is InChI=1S/C28H35N3O4/c1-6-13-29-21-11-12-23-22(14-21)24(27-34-16-28(4,5)17-35-27)26(33)31(23)15-19-7-9-20(10-8-19)25(32)30-18(2)3/h6-14,18,24,27,29H,15-17H2,1-5H3,(H,30,32). The van der Waals surface area contributed by atoms with Gasteiger partial charge in [0.2, 0.25) is 5.91 Å². The number of benzene rings is 2. The molecule has 0 spiro atoms. The fraction of sp³-hybridized carbons (Fsp3) is 0.429. The van der Waals surface area contributed by atoms with Crippen molar-refractivity contribution < 1.29 is 19.1 Å². The Morgan fingerprint density at radius 1 is 1.14 bits per heavy atom. The SMILES string of the molecule is CC=CNc1ccc2c(c1)C(C1OCC(C)(C)CO1)C(=O)N2Cc1ccc(C(=O)NC(C)C)cc1. The molecule has 2 aromatic rings. The van der Waals surface area contributed by atoms with Crippen molar-refractivity contribution in [3.63, 3.8) is 0 Å². The van der Waals surface area contributed by atoms with E-state index < -0.39 is 12.2 Å². The van der Waals surface area contributed by atoms with Crippen molar-refractivity contribution in [1.29, 1.82) is 0 Å². The van der Waals surface area contributed by atoms with Crippen molar-refractivity contribution >= 4 is 23.2 Å². The van der Waals surface area contributed by atoms with Crippen molar-refractivity contribution in [2.45, 2.75) is 59.4 Å². The third-order valence-electron chi connectivity index (χ3n) is 6.13. The van der Waals surface area contributed by atoms with Gasteiger partial charge in [0.05, 0.1) is 19.8 Å². The number of hydrogen-bond acceptors (Lipinski definition) is 5. The molecule has 2 aliphatic rings. The minimum Gasteiger partial charge on any atom is -0.362 e. The molecule has 0 radical (unpaired) electrons. The van der Waals surface area contributed by atoms with Crippen LogP contribution in [-0.4, -0.2) is 37.4 Å². The van der Waals surface area contributed by atoms with Gasteiger partial charge in [-0.15, -0.1) is 0 Å². The van der Waals surface area contributed by atoms with Crippen LogP contribution in [0.3, 0.4) is 0 Å². The normalized spacial score (nSPS) is 19.9. The Hall–Kier alpha value is -3.16. The largest absolute Gasteiger partial charge is 0.362 e. The van der Waals surface area contributed by atoms with E-state index in [1.807, 2.05) is 63.4 Å². The zero-order valence-corrected chi connectivity index (χ0v) is 21.1. The van der Waals surface area contributed by atoms with Crippen LogP contribution in [0.15, 0.2) is 54.7 Å². The van der Waals surface area contributed by atoms with Crippen molar-refractivity contribution in [3.05, 3.63) is 71.4 Å². The van der Waals surface area contributed by atoms with Gasteiger partial charge in [0.25, 0.3) is 5.91 Å². The zero-order chi connectivity index (χ0) is 25.2. The summed E-state index contributed by atoms with van der Waals surface area (Å²) < 4.78 is 12.1. The summed E-state index contributed by atoms with van der Waals surface area (Å²) in [4.78, 5) is 27.8. The molecule has 2 amide bonds. The van der Waals surface area contributed by atoms with Gasteiger partial charge in [-0.3, -0.25) is 9.59 Å². The van der Waals surface area contributed by atoms with E-state index >= 15 is 0 Å². The Morgan fingerprint density at radius 3 is 2.46 bits per heavy atom. The molecule has 0 saturated carbocycles. The molecule has 2 heterocycles. The number of carbonyl (C=O) groups is 2. The quantitative estimate of drug-likeness (QED) is 0.599. The van der Waals surface area contributed by atoms with Crippen molar-refractivity contribution in [1.82, 2.24) is 5.32 Å². The predicted octanol–water partition coefficient (Wildman–Crippen LogP) is 4.80. The highest BCUT2D eigenvalue weighted by Crippen LogP contribution is 2.44. The molecule has 2 N–H and O–H groups in total. The lowest BCUT2D eigenvalue weighted by Crippen LogP contribution is -2.43. The Balaban J connectivity index is 1.60. The minimum atomic E-state index is -0.627. The van der Waals surface area contributed by atoms with E-state index in [1.165, 1.54) is 0 Å². The van der Waals surface area contributed by atoms with Crippen LogP contribution >= 0.6 is 0 Å². The topological polar surface area (TPSA) is 79.9 Å². The first kappa shape index (κ1) is 24.9. The first-order valence-corrected chi connectivity index (χ1v) is 12.1. The minimum absolute atomic E-state index is 0.0467. The monoisotopic (exact) mass is 477 g/mol. The van der Waals surface area contributed by atoms with E-state index in [0.717, 1.165) is 22.5 Å². The Labute approximate surface area is 207 Å². The van der Waals surface area contributed by atoms with Crippen molar-refractivity contribution in [2.75, 3.05) is 23.4 Å². The Morgan fingerprint density at radius 2 is 1.83 bits per heavy atom. The number of anilines is 2. The highest BCUT2D eigenvalue weighted by atomic mass is 16.7. The summed E-state index contributed by atoms with van der Waals surface area (Å²) in [5, 5.41) is 6.14. The van der Waals surface area contributed by atoms with Gasteiger partial charge in [0.1, 0.15) is 5.92 Å². The van der Waals surface area contributed by atoms with Crippen LogP contribution in [0.25, 0.3) is 0 Å². The second-order valence-corrected chi connectivity index (χ2v) is 10.3. The third kappa shape index (κ3) is 5.57. The number of ether oxygens (including phenoxy) is 2. The summed E-state index contributed by atoms with van der Waals surface area (Å²) in [5.41, 5.74) is 4.10. The molecule has 1 atom stereocenters. The molecular weight excluding hydrogens is 442 g/mol. The van der Waals surface area contributed by atoms with Gasteiger partial charge in [-0.1, -0.05) is 32.1 Å². The molecular formula is C28H35N3O4. The van der Waals surface area contributed by atoms with E-state index in [9.17, 15) is 9.59 Å². The first-order chi connectivity index (χ1) is 16.7. The average Bonchev–Trinajstić information content (AvgIpc) is 3.08. The summed E-state index contributed by atoms with van der Waals surface area (Å²) in [5.74, 6) is -0.691. The number of hydrogen-bond donors (Lipinski definition) is 2. The fourth-order valence-corrected chi connectivity index (χ4v) is 4.35. The van der Waals surface area contributed by atoms with Crippen LogP contribution < -0.4 is 15.5 Å². The lowest BCUT2D eigenvalue weighted by molar-refractivity contribution is -0.229. The number of carbonyl (C=O) groups excluding carboxylic acids is 2. The molecule has 7 heteroatoms. The van der Waals surface area contributed by atoms with Gasteiger partial charge < -0.3 is 25.0 Å². The van der Waals surface area contributed by atoms with E-state index in [-0.39, 0.29) is 23.3 Å². The average molecular weight is 478 g/mol. The molecule has 0 aliphatic carbocycles. The lowest BCUT2D eigenvalue weighted by Gasteiger charge is -2.36. The summed E-state index contributed by atoms with van der Waals surface area (Å²) in [6, 6.07) is 13.4. The van der Waals surface area contributed by atoms with Gasteiger partial charge >= 0.3 is 0 Å². The molecule has 35 heavy (non-hydrogen) atoms. The summed E-state index contributed by atoms with van der Waals surface area (Å²) in [6.07, 6.45) is 3.15. The van der Waals surface area contributed by atoms with Crippen LogP contribution in [-0.2, 0) is 20.8 Å². The van der Waals surface area contributed by atoms with Gasteiger partial charge in [0.15, 0.2) is 6.29 Å². The molecule has 2 aliphatic heterocycles. The fourth-order valence-electron chi connectivity index (χ4n) is 4.35. The Bertz CT molecular complexity index is 1100. The predicted molar refractivity (Wildman–Crippen MR) is 137 cm³/mol. The van der Waals surface area contributed by atoms with E-state index in [4.69, 9.17) is 9.47 Å². The smallest absolute Gasteiger partial charge is 0.251 e. The number of nitrogens with one attached hydrogen (secondary N) is 2. The molecule has 1 fully saturated rings. The maximum Gasteiger partial charge on any atom is 0.251 e. The zero-order valence-electron chi connectivity index (χ0n) is 21.1. The third-order valence-corrected chi connectivity index (χ3v) is 6.13. The second kappa shape index (κ2) is 10.2. The van der Waals surface area contributed by atoms with Crippen LogP contribution in [0.5, 0.6) is 0 Å². The first-order valence-electron chi connectivity index (χ1n) is 12.1. The molecule has 2 aromatic carbocycles. The maximum absolute atomic E-state index is 13.7. The summed E-state index contributed by atoms with van der Waals surface area (Å²) in [6.45, 7) is 11.4. The highest BCUT2D eigenvalue weighted by molar-refractivity contribution is 6.05. The number of amides is 2. The highest BCUT2D eigenvalue weighted by Gasteiger charge is 2.45. The van der Waals surface area contributed by atoms with E-state index in [0.29, 0.717) is 25.3 Å². The molecule has 7 nitrogen and oxygen atoms in total. The molecule has 0 aromatic heterocycles. The summed E-state index contributed by atoms with van der Waals surface area (Å²) >= 11 is 0. The van der Waals surface area contributed by atoms with Crippen LogP contribution in [0.2, 0.25) is 0 Å². The van der Waals surface area contributed by atoms with Gasteiger partial charge in [-0.25, -0.2) is 0 Å². The summed E-state index contributed by atoms with van der Waals surface area (Å²) in [7, 11) is 0. The number of nitrogens with zero attached hydrogens (tertiary/aromatic N) is 1. The van der Waals surface area contributed by atoms with Crippen LogP contribution in [0.1, 0.15) is 62.0 Å². The Kier molecular flexibility index (Phi) is 7.28. The lowest BCUT2D eigenvalue weighted by atomic mass is 9.93. The van der Waals surface area contributed by atoms with E-state index in [1.54, 1.807) is 17.0 Å². The van der Waals surface area contributed by atoms with Gasteiger partial charge in [-0.05, 0) is 68.4 Å². The van der Waals surface area contributed by atoms with Crippen molar-refractivity contribution in [2.24, 2.45) is 5.41 Å². The molecule has 4 rings (SSSR count). The van der Waals surface area contributed by atoms with Crippen molar-refractivity contribution in [3.8, 4) is 0 Å². The van der Waals surface area contributed by atoms with Crippen LogP contribution in [0, 0.1) is 5.41 Å². The maximum atomic E-state index is 13.7. The van der Waals surface area contributed by atoms with Crippen LogP contribution in [0.4, 0.5) is 11.4 Å². The second-order valence-electron chi connectivity index (χ2n) is 10.3. The molecule has 186 valence electrons. The molecule has 0 bridgehead atoms. The number of rotatable bonds is 7. The molecule has 1 saturated heterocycles.